The molecule has 0 saturated carbocycles. The summed E-state index contributed by atoms with van der Waals surface area (Å²) in [4.78, 5) is 23.0. The van der Waals surface area contributed by atoms with Gasteiger partial charge < -0.3 is 4.90 Å². The van der Waals surface area contributed by atoms with Crippen molar-refractivity contribution < 1.29 is 4.79 Å². The molecular weight excluding hydrogens is 362 g/mol. The third kappa shape index (κ3) is 4.26. The van der Waals surface area contributed by atoms with Gasteiger partial charge in [-0.1, -0.05) is 42.1 Å². The highest BCUT2D eigenvalue weighted by atomic mass is 32.2. The van der Waals surface area contributed by atoms with Crippen molar-refractivity contribution in [2.24, 2.45) is 0 Å². The summed E-state index contributed by atoms with van der Waals surface area (Å²) in [6, 6.07) is 16.4. The van der Waals surface area contributed by atoms with Crippen LogP contribution in [0, 0.1) is 0 Å². The zero-order valence-electron chi connectivity index (χ0n) is 14.5. The molecule has 0 atom stereocenters. The summed E-state index contributed by atoms with van der Waals surface area (Å²) in [5.74, 6) is 0.664. The molecule has 4 nitrogen and oxygen atoms in total. The van der Waals surface area contributed by atoms with Crippen LogP contribution in [0.5, 0.6) is 0 Å². The van der Waals surface area contributed by atoms with Crippen LogP contribution in [-0.2, 0) is 11.3 Å². The first-order chi connectivity index (χ1) is 12.8. The molecule has 0 radical (unpaired) electrons. The van der Waals surface area contributed by atoms with Crippen molar-refractivity contribution in [1.82, 2.24) is 14.8 Å². The standard InChI is InChI=1S/C20H21N3OS2/c24-20(15-26-19-8-7-16-4-1-2-6-18(16)21-19)23-11-9-22(10-12-23)14-17-5-3-13-25-17/h1-8,13H,9-12,14-15H2. The van der Waals surface area contributed by atoms with Gasteiger partial charge in [0, 0.05) is 43.0 Å². The molecule has 1 amide bonds. The van der Waals surface area contributed by atoms with Gasteiger partial charge >= 0.3 is 0 Å². The Labute approximate surface area is 161 Å². The van der Waals surface area contributed by atoms with Crippen molar-refractivity contribution in [1.29, 1.82) is 0 Å². The van der Waals surface area contributed by atoms with E-state index in [1.807, 2.05) is 29.2 Å². The van der Waals surface area contributed by atoms with Crippen molar-refractivity contribution in [3.05, 3.63) is 58.8 Å². The van der Waals surface area contributed by atoms with E-state index in [1.165, 1.54) is 16.6 Å². The fourth-order valence-corrected chi connectivity index (χ4v) is 4.66. The number of thiophene rings is 1. The fourth-order valence-electron chi connectivity index (χ4n) is 3.13. The number of aromatic nitrogens is 1. The number of piperazine rings is 1. The van der Waals surface area contributed by atoms with Gasteiger partial charge in [0.2, 0.25) is 5.91 Å². The lowest BCUT2D eigenvalue weighted by Gasteiger charge is -2.34. The third-order valence-electron chi connectivity index (χ3n) is 4.60. The third-order valence-corrected chi connectivity index (χ3v) is 6.38. The summed E-state index contributed by atoms with van der Waals surface area (Å²) in [6.07, 6.45) is 0. The molecule has 134 valence electrons. The Bertz CT molecular complexity index is 874. The van der Waals surface area contributed by atoms with Crippen molar-refractivity contribution >= 4 is 39.9 Å². The normalized spacial score (nSPS) is 15.5. The van der Waals surface area contributed by atoms with Crippen LogP contribution in [0.3, 0.4) is 0 Å². The van der Waals surface area contributed by atoms with Crippen LogP contribution >= 0.6 is 23.1 Å². The van der Waals surface area contributed by atoms with Crippen LogP contribution < -0.4 is 0 Å². The molecule has 2 aromatic heterocycles. The van der Waals surface area contributed by atoms with Crippen LogP contribution in [0.1, 0.15) is 4.88 Å². The molecule has 0 N–H and O–H groups in total. The number of benzene rings is 1. The minimum atomic E-state index is 0.209. The molecule has 1 aliphatic heterocycles. The second-order valence-electron chi connectivity index (χ2n) is 6.37. The number of nitrogens with zero attached hydrogens (tertiary/aromatic N) is 3. The van der Waals surface area contributed by atoms with Crippen LogP contribution in [0.15, 0.2) is 58.9 Å². The smallest absolute Gasteiger partial charge is 0.233 e. The monoisotopic (exact) mass is 383 g/mol. The summed E-state index contributed by atoms with van der Waals surface area (Å²) in [7, 11) is 0. The average Bonchev–Trinajstić information content (AvgIpc) is 3.19. The van der Waals surface area contributed by atoms with E-state index in [0.29, 0.717) is 5.75 Å². The number of para-hydroxylation sites is 1. The number of fused-ring (bicyclic) bond motifs is 1. The molecular formula is C20H21N3OS2. The van der Waals surface area contributed by atoms with Gasteiger partial charge in [-0.2, -0.15) is 0 Å². The molecule has 1 fully saturated rings. The van der Waals surface area contributed by atoms with E-state index >= 15 is 0 Å². The number of hydrogen-bond donors (Lipinski definition) is 0. The predicted molar refractivity (Wildman–Crippen MR) is 109 cm³/mol. The average molecular weight is 384 g/mol. The van der Waals surface area contributed by atoms with Crippen LogP contribution in [0.4, 0.5) is 0 Å². The molecule has 3 heterocycles. The largest absolute Gasteiger partial charge is 0.339 e. The Morgan fingerprint density at radius 1 is 1.04 bits per heavy atom. The number of hydrogen-bond acceptors (Lipinski definition) is 5. The maximum Gasteiger partial charge on any atom is 0.233 e. The maximum atomic E-state index is 12.5. The van der Waals surface area contributed by atoms with Crippen LogP contribution in [0.25, 0.3) is 10.9 Å². The van der Waals surface area contributed by atoms with E-state index in [1.54, 1.807) is 11.3 Å². The molecule has 0 spiro atoms. The van der Waals surface area contributed by atoms with E-state index < -0.39 is 0 Å². The molecule has 6 heteroatoms. The number of thioether (sulfide) groups is 1. The summed E-state index contributed by atoms with van der Waals surface area (Å²) >= 11 is 3.32. The first-order valence-corrected chi connectivity index (χ1v) is 10.7. The van der Waals surface area contributed by atoms with Crippen molar-refractivity contribution in [3.8, 4) is 0 Å². The lowest BCUT2D eigenvalue weighted by atomic mass is 10.2. The zero-order valence-corrected chi connectivity index (χ0v) is 16.1. The molecule has 0 unspecified atom stereocenters. The Morgan fingerprint density at radius 3 is 2.69 bits per heavy atom. The Balaban J connectivity index is 1.27. The Morgan fingerprint density at radius 2 is 1.88 bits per heavy atom. The first kappa shape index (κ1) is 17.5. The second kappa shape index (κ2) is 8.20. The van der Waals surface area contributed by atoms with E-state index in [-0.39, 0.29) is 5.91 Å². The molecule has 1 aliphatic rings. The molecule has 3 aromatic rings. The van der Waals surface area contributed by atoms with E-state index in [0.717, 1.165) is 48.7 Å². The quantitative estimate of drug-likeness (QED) is 0.629. The van der Waals surface area contributed by atoms with Crippen molar-refractivity contribution in [3.63, 3.8) is 0 Å². The molecule has 1 saturated heterocycles. The highest BCUT2D eigenvalue weighted by Crippen LogP contribution is 2.21. The fraction of sp³-hybridized carbons (Fsp3) is 0.300. The number of carbonyl (C=O) groups excluding carboxylic acids is 1. The number of amides is 1. The highest BCUT2D eigenvalue weighted by molar-refractivity contribution is 7.99. The van der Waals surface area contributed by atoms with Gasteiger partial charge in [-0.15, -0.1) is 11.3 Å². The molecule has 26 heavy (non-hydrogen) atoms. The summed E-state index contributed by atoms with van der Waals surface area (Å²) in [6.45, 7) is 4.52. The predicted octanol–water partition coefficient (Wildman–Crippen LogP) is 3.73. The second-order valence-corrected chi connectivity index (χ2v) is 8.40. The maximum absolute atomic E-state index is 12.5. The summed E-state index contributed by atoms with van der Waals surface area (Å²) in [5.41, 5.74) is 0.979. The van der Waals surface area contributed by atoms with E-state index in [4.69, 9.17) is 0 Å². The lowest BCUT2D eigenvalue weighted by molar-refractivity contribution is -0.130. The van der Waals surface area contributed by atoms with E-state index in [2.05, 4.69) is 39.5 Å². The summed E-state index contributed by atoms with van der Waals surface area (Å²) < 4.78 is 0. The SMILES string of the molecule is O=C(CSc1ccc2ccccc2n1)N1CCN(Cc2cccs2)CC1. The first-order valence-electron chi connectivity index (χ1n) is 8.79. The van der Waals surface area contributed by atoms with Gasteiger partial charge in [-0.25, -0.2) is 4.98 Å². The minimum absolute atomic E-state index is 0.209. The number of rotatable bonds is 5. The Hall–Kier alpha value is -1.89. The van der Waals surface area contributed by atoms with Gasteiger partial charge in [0.05, 0.1) is 16.3 Å². The van der Waals surface area contributed by atoms with Gasteiger partial charge in [0.15, 0.2) is 0 Å². The van der Waals surface area contributed by atoms with Crippen LogP contribution in [-0.4, -0.2) is 52.6 Å². The summed E-state index contributed by atoms with van der Waals surface area (Å²) in [5, 5.41) is 4.16. The van der Waals surface area contributed by atoms with Gasteiger partial charge in [-0.3, -0.25) is 9.69 Å². The van der Waals surface area contributed by atoms with E-state index in [9.17, 15) is 4.79 Å². The number of pyridine rings is 1. The Kier molecular flexibility index (Phi) is 5.53. The molecule has 0 bridgehead atoms. The van der Waals surface area contributed by atoms with Gasteiger partial charge in [-0.05, 0) is 23.6 Å². The molecule has 1 aromatic carbocycles. The topological polar surface area (TPSA) is 36.4 Å². The highest BCUT2D eigenvalue weighted by Gasteiger charge is 2.21. The van der Waals surface area contributed by atoms with Gasteiger partial charge in [0.1, 0.15) is 0 Å². The zero-order chi connectivity index (χ0) is 17.8. The molecule has 4 rings (SSSR count). The molecule has 0 aliphatic carbocycles. The van der Waals surface area contributed by atoms with Crippen molar-refractivity contribution in [2.45, 2.75) is 11.6 Å². The van der Waals surface area contributed by atoms with Gasteiger partial charge in [0.25, 0.3) is 0 Å². The minimum Gasteiger partial charge on any atom is -0.339 e. The lowest BCUT2D eigenvalue weighted by Crippen LogP contribution is -2.48. The van der Waals surface area contributed by atoms with Crippen molar-refractivity contribution in [2.75, 3.05) is 31.9 Å². The number of carbonyl (C=O) groups is 1. The van der Waals surface area contributed by atoms with Crippen LogP contribution in [0.2, 0.25) is 0 Å².